The van der Waals surface area contributed by atoms with Crippen LogP contribution in [0.5, 0.6) is 0 Å². The van der Waals surface area contributed by atoms with Crippen molar-refractivity contribution in [3.8, 4) is 0 Å². The Morgan fingerprint density at radius 3 is 2.30 bits per heavy atom. The highest BCUT2D eigenvalue weighted by Gasteiger charge is 2.09. The smallest absolute Gasteiger partial charge is 0.253 e. The van der Waals surface area contributed by atoms with E-state index >= 15 is 0 Å². The Morgan fingerprint density at radius 1 is 1.04 bits per heavy atom. The van der Waals surface area contributed by atoms with Gasteiger partial charge < -0.3 is 16.0 Å². The van der Waals surface area contributed by atoms with Crippen molar-refractivity contribution in [2.45, 2.75) is 12.8 Å². The van der Waals surface area contributed by atoms with Crippen LogP contribution in [0.2, 0.25) is 0 Å². The molecule has 0 saturated heterocycles. The van der Waals surface area contributed by atoms with Gasteiger partial charge in [-0.2, -0.15) is 0 Å². The van der Waals surface area contributed by atoms with Gasteiger partial charge in [-0.15, -0.1) is 0 Å². The highest BCUT2D eigenvalue weighted by Crippen LogP contribution is 2.14. The van der Waals surface area contributed by atoms with Gasteiger partial charge >= 0.3 is 0 Å². The van der Waals surface area contributed by atoms with Gasteiger partial charge in [0.15, 0.2) is 0 Å². The number of anilines is 2. The van der Waals surface area contributed by atoms with E-state index < -0.39 is 0 Å². The molecule has 0 unspecified atom stereocenters. The molecule has 3 N–H and O–H groups in total. The van der Waals surface area contributed by atoms with Crippen molar-refractivity contribution < 1.29 is 9.59 Å². The number of rotatable bonds is 5. The number of para-hydroxylation sites is 1. The number of benzene rings is 2. The first kappa shape index (κ1) is 16.5. The first-order valence-corrected chi connectivity index (χ1v) is 7.42. The van der Waals surface area contributed by atoms with Crippen molar-refractivity contribution in [1.29, 1.82) is 0 Å². The molecule has 5 heteroatoms. The molecule has 0 fully saturated rings. The van der Waals surface area contributed by atoms with E-state index in [1.165, 1.54) is 4.90 Å². The molecule has 0 aliphatic rings. The zero-order chi connectivity index (χ0) is 16.8. The van der Waals surface area contributed by atoms with Crippen molar-refractivity contribution in [1.82, 2.24) is 4.90 Å². The molecule has 0 bridgehead atoms. The largest absolute Gasteiger partial charge is 0.399 e. The van der Waals surface area contributed by atoms with Crippen LogP contribution in [-0.4, -0.2) is 30.8 Å². The minimum absolute atomic E-state index is 0.0672. The molecule has 2 rings (SSSR count). The summed E-state index contributed by atoms with van der Waals surface area (Å²) in [5, 5.41) is 2.82. The van der Waals surface area contributed by atoms with Crippen LogP contribution in [-0.2, 0) is 11.2 Å². The van der Waals surface area contributed by atoms with Gasteiger partial charge in [0.25, 0.3) is 5.91 Å². The van der Waals surface area contributed by atoms with E-state index in [1.807, 2.05) is 24.3 Å². The normalized spacial score (nSPS) is 10.2. The summed E-state index contributed by atoms with van der Waals surface area (Å²) in [6, 6.07) is 14.4. The maximum atomic E-state index is 12.0. The van der Waals surface area contributed by atoms with E-state index in [0.717, 1.165) is 5.56 Å². The summed E-state index contributed by atoms with van der Waals surface area (Å²) >= 11 is 0. The second kappa shape index (κ2) is 7.45. The lowest BCUT2D eigenvalue weighted by Crippen LogP contribution is -2.21. The molecule has 0 heterocycles. The van der Waals surface area contributed by atoms with Gasteiger partial charge in [-0.05, 0) is 42.3 Å². The molecule has 23 heavy (non-hydrogen) atoms. The van der Waals surface area contributed by atoms with Crippen molar-refractivity contribution in [3.63, 3.8) is 0 Å². The van der Waals surface area contributed by atoms with Crippen molar-refractivity contribution in [3.05, 3.63) is 59.7 Å². The fourth-order valence-corrected chi connectivity index (χ4v) is 2.19. The fraction of sp³-hybridized carbons (Fsp3) is 0.222. The topological polar surface area (TPSA) is 75.4 Å². The molecular weight excluding hydrogens is 290 g/mol. The zero-order valence-electron chi connectivity index (χ0n) is 13.4. The van der Waals surface area contributed by atoms with Crippen molar-refractivity contribution in [2.24, 2.45) is 0 Å². The highest BCUT2D eigenvalue weighted by atomic mass is 16.2. The minimum Gasteiger partial charge on any atom is -0.399 e. The molecule has 2 aromatic carbocycles. The van der Waals surface area contributed by atoms with Crippen LogP contribution in [0.25, 0.3) is 0 Å². The summed E-state index contributed by atoms with van der Waals surface area (Å²) in [6.45, 7) is 0. The summed E-state index contributed by atoms with van der Waals surface area (Å²) in [7, 11) is 3.40. The first-order valence-electron chi connectivity index (χ1n) is 7.42. The minimum atomic E-state index is -0.0834. The highest BCUT2D eigenvalue weighted by molar-refractivity contribution is 5.95. The summed E-state index contributed by atoms with van der Waals surface area (Å²) < 4.78 is 0. The number of hydrogen-bond donors (Lipinski definition) is 2. The number of nitrogens with two attached hydrogens (primary N) is 1. The lowest BCUT2D eigenvalue weighted by molar-refractivity contribution is -0.116. The Bertz CT molecular complexity index is 694. The standard InChI is InChI=1S/C18H21N3O2/c1-21(2)18(23)14-7-10-15(11-8-14)20-17(22)12-9-13-5-3-4-6-16(13)19/h3-8,10-11H,9,12,19H2,1-2H3,(H,20,22). The van der Waals surface area contributed by atoms with Gasteiger partial charge in [-0.25, -0.2) is 0 Å². The third-order valence-electron chi connectivity index (χ3n) is 3.50. The van der Waals surface area contributed by atoms with Crippen LogP contribution in [0.3, 0.4) is 0 Å². The van der Waals surface area contributed by atoms with Gasteiger partial charge in [0.05, 0.1) is 0 Å². The Morgan fingerprint density at radius 2 is 1.70 bits per heavy atom. The van der Waals surface area contributed by atoms with Gasteiger partial charge in [0.1, 0.15) is 0 Å². The number of hydrogen-bond acceptors (Lipinski definition) is 3. The Labute approximate surface area is 136 Å². The molecule has 0 atom stereocenters. The van der Waals surface area contributed by atoms with Crippen LogP contribution in [0.4, 0.5) is 11.4 Å². The van der Waals surface area contributed by atoms with Crippen LogP contribution < -0.4 is 11.1 Å². The number of nitrogen functional groups attached to an aromatic ring is 1. The molecule has 0 aliphatic carbocycles. The monoisotopic (exact) mass is 311 g/mol. The van der Waals surface area contributed by atoms with Gasteiger partial charge in [-0.3, -0.25) is 9.59 Å². The third kappa shape index (κ3) is 4.57. The molecule has 0 radical (unpaired) electrons. The summed E-state index contributed by atoms with van der Waals surface area (Å²) in [6.07, 6.45) is 0.947. The quantitative estimate of drug-likeness (QED) is 0.833. The maximum absolute atomic E-state index is 12.0. The molecule has 0 spiro atoms. The number of carbonyl (C=O) groups excluding carboxylic acids is 2. The second-order valence-electron chi connectivity index (χ2n) is 5.52. The average Bonchev–Trinajstić information content (AvgIpc) is 2.54. The third-order valence-corrected chi connectivity index (χ3v) is 3.50. The molecule has 120 valence electrons. The number of nitrogens with one attached hydrogen (secondary N) is 1. The number of nitrogens with zero attached hydrogens (tertiary/aromatic N) is 1. The fourth-order valence-electron chi connectivity index (χ4n) is 2.19. The Hall–Kier alpha value is -2.82. The van der Waals surface area contributed by atoms with Crippen molar-refractivity contribution >= 4 is 23.2 Å². The van der Waals surface area contributed by atoms with E-state index in [1.54, 1.807) is 38.4 Å². The molecule has 0 aliphatic heterocycles. The molecule has 5 nitrogen and oxygen atoms in total. The molecular formula is C18H21N3O2. The van der Waals surface area contributed by atoms with Gasteiger partial charge in [0, 0.05) is 37.5 Å². The molecule has 0 saturated carbocycles. The predicted molar refractivity (Wildman–Crippen MR) is 92.3 cm³/mol. The summed E-state index contributed by atoms with van der Waals surface area (Å²) in [5.74, 6) is -0.151. The Balaban J connectivity index is 1.90. The van der Waals surface area contributed by atoms with Crippen LogP contribution in [0.1, 0.15) is 22.3 Å². The van der Waals surface area contributed by atoms with E-state index in [2.05, 4.69) is 5.32 Å². The number of amides is 2. The van der Waals surface area contributed by atoms with Crippen LogP contribution >= 0.6 is 0 Å². The molecule has 0 aromatic heterocycles. The van der Waals surface area contributed by atoms with Crippen LogP contribution in [0.15, 0.2) is 48.5 Å². The average molecular weight is 311 g/mol. The van der Waals surface area contributed by atoms with E-state index in [4.69, 9.17) is 5.73 Å². The number of aryl methyl sites for hydroxylation is 1. The summed E-state index contributed by atoms with van der Waals surface area (Å²) in [4.78, 5) is 25.3. The van der Waals surface area contributed by atoms with E-state index in [0.29, 0.717) is 29.8 Å². The summed E-state index contributed by atoms with van der Waals surface area (Å²) in [5.41, 5.74) is 8.79. The first-order chi connectivity index (χ1) is 11.0. The Kier molecular flexibility index (Phi) is 5.36. The number of carbonyl (C=O) groups is 2. The van der Waals surface area contributed by atoms with Crippen molar-refractivity contribution in [2.75, 3.05) is 25.1 Å². The van der Waals surface area contributed by atoms with Gasteiger partial charge in [0.2, 0.25) is 5.91 Å². The predicted octanol–water partition coefficient (Wildman–Crippen LogP) is 2.54. The van der Waals surface area contributed by atoms with E-state index in [-0.39, 0.29) is 11.8 Å². The van der Waals surface area contributed by atoms with Crippen LogP contribution in [0, 0.1) is 0 Å². The van der Waals surface area contributed by atoms with E-state index in [9.17, 15) is 9.59 Å². The SMILES string of the molecule is CN(C)C(=O)c1ccc(NC(=O)CCc2ccccc2N)cc1. The lowest BCUT2D eigenvalue weighted by Gasteiger charge is -2.11. The second-order valence-corrected chi connectivity index (χ2v) is 5.52. The maximum Gasteiger partial charge on any atom is 0.253 e. The molecule has 2 amide bonds. The lowest BCUT2D eigenvalue weighted by atomic mass is 10.1. The van der Waals surface area contributed by atoms with Gasteiger partial charge in [-0.1, -0.05) is 18.2 Å². The molecule has 2 aromatic rings. The zero-order valence-corrected chi connectivity index (χ0v) is 13.4.